The van der Waals surface area contributed by atoms with Crippen LogP contribution in [-0.4, -0.2) is 21.9 Å². The van der Waals surface area contributed by atoms with E-state index in [1.807, 2.05) is 12.1 Å². The zero-order chi connectivity index (χ0) is 16.2. The third kappa shape index (κ3) is 3.53. The standard InChI is InChI=1S/C17H16F2N4/c1-22(23-12-20-11-21-23)17(14-4-8-16(19)9-5-14)10-13-2-6-15(18)7-3-13/h2-9,11-12,17H,10H2,1H3. The number of halogens is 2. The van der Waals surface area contributed by atoms with Crippen LogP contribution in [0.15, 0.2) is 61.2 Å². The molecular formula is C17H16F2N4. The molecule has 0 aliphatic heterocycles. The van der Waals surface area contributed by atoms with Crippen LogP contribution in [0.1, 0.15) is 17.2 Å². The van der Waals surface area contributed by atoms with Crippen LogP contribution >= 0.6 is 0 Å². The summed E-state index contributed by atoms with van der Waals surface area (Å²) in [5, 5.41) is 6.04. The monoisotopic (exact) mass is 314 g/mol. The van der Waals surface area contributed by atoms with E-state index >= 15 is 0 Å². The average molecular weight is 314 g/mol. The predicted molar refractivity (Wildman–Crippen MR) is 83.4 cm³/mol. The first kappa shape index (κ1) is 15.1. The van der Waals surface area contributed by atoms with Crippen LogP contribution in [0.2, 0.25) is 0 Å². The van der Waals surface area contributed by atoms with E-state index in [0.29, 0.717) is 6.42 Å². The summed E-state index contributed by atoms with van der Waals surface area (Å²) in [5.74, 6) is -0.547. The summed E-state index contributed by atoms with van der Waals surface area (Å²) in [4.78, 5) is 5.58. The number of hydrogen-bond acceptors (Lipinski definition) is 3. The average Bonchev–Trinajstić information content (AvgIpc) is 3.09. The van der Waals surface area contributed by atoms with Crippen molar-refractivity contribution in [3.8, 4) is 0 Å². The second-order valence-corrected chi connectivity index (χ2v) is 5.29. The molecule has 6 heteroatoms. The minimum Gasteiger partial charge on any atom is -0.291 e. The van der Waals surface area contributed by atoms with Gasteiger partial charge in [0.05, 0.1) is 6.04 Å². The van der Waals surface area contributed by atoms with Gasteiger partial charge < -0.3 is 0 Å². The molecule has 1 heterocycles. The highest BCUT2D eigenvalue weighted by atomic mass is 19.1. The van der Waals surface area contributed by atoms with E-state index in [1.165, 1.54) is 30.6 Å². The van der Waals surface area contributed by atoms with Crippen LogP contribution in [0, 0.1) is 11.6 Å². The molecule has 0 aliphatic rings. The molecule has 0 spiro atoms. The van der Waals surface area contributed by atoms with Crippen molar-refractivity contribution in [2.75, 3.05) is 12.1 Å². The zero-order valence-corrected chi connectivity index (χ0v) is 12.6. The van der Waals surface area contributed by atoms with Crippen LogP contribution in [-0.2, 0) is 6.42 Å². The van der Waals surface area contributed by atoms with E-state index < -0.39 is 0 Å². The van der Waals surface area contributed by atoms with Gasteiger partial charge in [-0.15, -0.1) is 5.10 Å². The first-order valence-corrected chi connectivity index (χ1v) is 7.21. The van der Waals surface area contributed by atoms with Crippen molar-refractivity contribution in [1.29, 1.82) is 0 Å². The normalized spacial score (nSPS) is 12.1. The Morgan fingerprint density at radius 1 is 1.00 bits per heavy atom. The van der Waals surface area contributed by atoms with Gasteiger partial charge in [0.15, 0.2) is 0 Å². The molecule has 0 saturated carbocycles. The maximum atomic E-state index is 13.2. The fraction of sp³-hybridized carbons (Fsp3) is 0.176. The Morgan fingerprint density at radius 2 is 1.61 bits per heavy atom. The van der Waals surface area contributed by atoms with E-state index in [0.717, 1.165) is 11.1 Å². The van der Waals surface area contributed by atoms with Crippen molar-refractivity contribution in [3.05, 3.63) is 83.9 Å². The largest absolute Gasteiger partial charge is 0.291 e. The Bertz CT molecular complexity index is 739. The smallest absolute Gasteiger partial charge is 0.139 e. The summed E-state index contributed by atoms with van der Waals surface area (Å²) in [5.41, 5.74) is 1.92. The third-order valence-corrected chi connectivity index (χ3v) is 3.78. The van der Waals surface area contributed by atoms with Gasteiger partial charge in [0, 0.05) is 7.05 Å². The van der Waals surface area contributed by atoms with E-state index in [9.17, 15) is 8.78 Å². The summed E-state index contributed by atoms with van der Waals surface area (Å²) in [6.07, 6.45) is 3.68. The topological polar surface area (TPSA) is 34.0 Å². The van der Waals surface area contributed by atoms with Crippen molar-refractivity contribution in [1.82, 2.24) is 14.9 Å². The lowest BCUT2D eigenvalue weighted by molar-refractivity contribution is 0.482. The highest BCUT2D eigenvalue weighted by molar-refractivity contribution is 5.27. The number of hydrogen-bond donors (Lipinski definition) is 0. The molecule has 1 atom stereocenters. The quantitative estimate of drug-likeness (QED) is 0.725. The lowest BCUT2D eigenvalue weighted by Crippen LogP contribution is -2.36. The molecular weight excluding hydrogens is 298 g/mol. The van der Waals surface area contributed by atoms with Crippen molar-refractivity contribution < 1.29 is 8.78 Å². The van der Waals surface area contributed by atoms with E-state index in [1.54, 1.807) is 35.4 Å². The fourth-order valence-corrected chi connectivity index (χ4v) is 2.50. The maximum absolute atomic E-state index is 13.2. The lowest BCUT2D eigenvalue weighted by Gasteiger charge is -2.29. The van der Waals surface area contributed by atoms with Gasteiger partial charge in [-0.1, -0.05) is 24.3 Å². The Morgan fingerprint density at radius 3 is 2.17 bits per heavy atom. The molecule has 0 bridgehead atoms. The Hall–Kier alpha value is -2.76. The maximum Gasteiger partial charge on any atom is 0.139 e. The Labute approximate surface area is 133 Å². The fourth-order valence-electron chi connectivity index (χ4n) is 2.50. The number of likely N-dealkylation sites (N-methyl/N-ethyl adjacent to an activating group) is 1. The highest BCUT2D eigenvalue weighted by Gasteiger charge is 2.19. The molecule has 4 nitrogen and oxygen atoms in total. The molecule has 0 fully saturated rings. The number of nitrogens with zero attached hydrogens (tertiary/aromatic N) is 4. The summed E-state index contributed by atoms with van der Waals surface area (Å²) in [7, 11) is 1.88. The number of rotatable bonds is 5. The number of aromatic nitrogens is 3. The number of benzene rings is 2. The van der Waals surface area contributed by atoms with Crippen molar-refractivity contribution in [3.63, 3.8) is 0 Å². The molecule has 1 aromatic heterocycles. The summed E-state index contributed by atoms with van der Waals surface area (Å²) >= 11 is 0. The van der Waals surface area contributed by atoms with Crippen molar-refractivity contribution >= 4 is 0 Å². The predicted octanol–water partition coefficient (Wildman–Crippen LogP) is 3.11. The van der Waals surface area contributed by atoms with Crippen LogP contribution in [0.3, 0.4) is 0 Å². The molecule has 0 N–H and O–H groups in total. The highest BCUT2D eigenvalue weighted by Crippen LogP contribution is 2.23. The minimum absolute atomic E-state index is 0.0947. The van der Waals surface area contributed by atoms with Gasteiger partial charge >= 0.3 is 0 Å². The van der Waals surface area contributed by atoms with E-state index in [2.05, 4.69) is 10.1 Å². The van der Waals surface area contributed by atoms with Crippen LogP contribution < -0.4 is 5.01 Å². The van der Waals surface area contributed by atoms with Gasteiger partial charge in [0.25, 0.3) is 0 Å². The molecule has 1 unspecified atom stereocenters. The Kier molecular flexibility index (Phi) is 4.32. The molecule has 3 aromatic rings. The molecule has 0 amide bonds. The van der Waals surface area contributed by atoms with Gasteiger partial charge in [-0.05, 0) is 41.8 Å². The van der Waals surface area contributed by atoms with Crippen LogP contribution in [0.4, 0.5) is 8.78 Å². The zero-order valence-electron chi connectivity index (χ0n) is 12.6. The van der Waals surface area contributed by atoms with Gasteiger partial charge in [-0.3, -0.25) is 5.01 Å². The third-order valence-electron chi connectivity index (χ3n) is 3.78. The van der Waals surface area contributed by atoms with Gasteiger partial charge in [0.1, 0.15) is 24.3 Å². The second-order valence-electron chi connectivity index (χ2n) is 5.29. The molecule has 23 heavy (non-hydrogen) atoms. The summed E-state index contributed by atoms with van der Waals surface area (Å²) in [6, 6.07) is 12.6. The molecule has 2 aromatic carbocycles. The van der Waals surface area contributed by atoms with Crippen LogP contribution in [0.5, 0.6) is 0 Å². The summed E-state index contributed by atoms with van der Waals surface area (Å²) in [6.45, 7) is 0. The SMILES string of the molecule is CN(C(Cc1ccc(F)cc1)c1ccc(F)cc1)n1cncn1. The molecule has 0 radical (unpaired) electrons. The lowest BCUT2D eigenvalue weighted by atomic mass is 9.98. The second kappa shape index (κ2) is 6.56. The van der Waals surface area contributed by atoms with Crippen molar-refractivity contribution in [2.24, 2.45) is 0 Å². The molecule has 118 valence electrons. The molecule has 3 rings (SSSR count). The van der Waals surface area contributed by atoms with E-state index in [4.69, 9.17) is 0 Å². The first-order valence-electron chi connectivity index (χ1n) is 7.21. The van der Waals surface area contributed by atoms with Crippen LogP contribution in [0.25, 0.3) is 0 Å². The Balaban J connectivity index is 1.92. The van der Waals surface area contributed by atoms with Gasteiger partial charge in [0.2, 0.25) is 0 Å². The minimum atomic E-state index is -0.280. The molecule has 0 aliphatic carbocycles. The van der Waals surface area contributed by atoms with Gasteiger partial charge in [-0.25, -0.2) is 13.8 Å². The van der Waals surface area contributed by atoms with Crippen molar-refractivity contribution in [2.45, 2.75) is 12.5 Å². The van der Waals surface area contributed by atoms with Gasteiger partial charge in [-0.2, -0.15) is 4.79 Å². The van der Waals surface area contributed by atoms with E-state index in [-0.39, 0.29) is 17.7 Å². The first-order chi connectivity index (χ1) is 11.1. The molecule has 0 saturated heterocycles. The summed E-state index contributed by atoms with van der Waals surface area (Å²) < 4.78 is 26.3.